The second kappa shape index (κ2) is 7.40. The Morgan fingerprint density at radius 1 is 1.23 bits per heavy atom. The summed E-state index contributed by atoms with van der Waals surface area (Å²) in [5.74, 6) is -0.525. The van der Waals surface area contributed by atoms with Crippen LogP contribution in [0.5, 0.6) is 0 Å². The zero-order valence-electron chi connectivity index (χ0n) is 15.0. The average molecular weight is 348 g/mol. The van der Waals surface area contributed by atoms with Crippen LogP contribution in [0.25, 0.3) is 17.0 Å². The molecule has 0 aliphatic heterocycles. The molecule has 3 rings (SSSR count). The molecule has 132 valence electrons. The first-order valence-corrected chi connectivity index (χ1v) is 8.44. The number of hydrogen-bond donors (Lipinski definition) is 0. The van der Waals surface area contributed by atoms with E-state index in [0.29, 0.717) is 22.3 Å². The molecule has 4 nitrogen and oxygen atoms in total. The highest BCUT2D eigenvalue weighted by molar-refractivity contribution is 5.88. The van der Waals surface area contributed by atoms with Gasteiger partial charge in [0.2, 0.25) is 0 Å². The molecule has 0 spiro atoms. The van der Waals surface area contributed by atoms with Gasteiger partial charge in [-0.15, -0.1) is 0 Å². The summed E-state index contributed by atoms with van der Waals surface area (Å²) in [6.07, 6.45) is 14.2. The lowest BCUT2D eigenvalue weighted by molar-refractivity contribution is -0.137. The van der Waals surface area contributed by atoms with Gasteiger partial charge in [0.05, 0.1) is 17.6 Å². The van der Waals surface area contributed by atoms with Crippen molar-refractivity contribution in [1.82, 2.24) is 0 Å². The maximum absolute atomic E-state index is 13.3. The predicted octanol–water partition coefficient (Wildman–Crippen LogP) is 4.79. The van der Waals surface area contributed by atoms with E-state index in [9.17, 15) is 9.59 Å². The number of esters is 1. The number of benzene rings is 1. The van der Waals surface area contributed by atoms with Gasteiger partial charge in [-0.25, -0.2) is 0 Å². The van der Waals surface area contributed by atoms with E-state index < -0.39 is 11.9 Å². The zero-order valence-corrected chi connectivity index (χ0v) is 15.0. The molecule has 26 heavy (non-hydrogen) atoms. The highest BCUT2D eigenvalue weighted by atomic mass is 16.5. The van der Waals surface area contributed by atoms with Crippen molar-refractivity contribution < 1.29 is 13.9 Å². The fraction of sp³-hybridized carbons (Fsp3) is 0.182. The zero-order chi connectivity index (χ0) is 18.7. The van der Waals surface area contributed by atoms with E-state index in [2.05, 4.69) is 0 Å². The van der Waals surface area contributed by atoms with Crippen molar-refractivity contribution in [2.45, 2.75) is 26.7 Å². The van der Waals surface area contributed by atoms with Gasteiger partial charge in [0.1, 0.15) is 11.3 Å². The molecule has 2 aromatic rings. The molecule has 0 saturated heterocycles. The summed E-state index contributed by atoms with van der Waals surface area (Å²) in [4.78, 5) is 24.8. The van der Waals surface area contributed by atoms with E-state index in [1.807, 2.05) is 50.3 Å². The van der Waals surface area contributed by atoms with Crippen molar-refractivity contribution >= 4 is 23.0 Å². The van der Waals surface area contributed by atoms with Gasteiger partial charge in [-0.05, 0) is 37.1 Å². The van der Waals surface area contributed by atoms with Crippen molar-refractivity contribution in [3.8, 4) is 0 Å². The maximum atomic E-state index is 13.3. The van der Waals surface area contributed by atoms with Gasteiger partial charge in [0, 0.05) is 12.5 Å². The van der Waals surface area contributed by atoms with Crippen molar-refractivity contribution in [3.63, 3.8) is 0 Å². The van der Waals surface area contributed by atoms with Gasteiger partial charge in [-0.3, -0.25) is 9.59 Å². The SMILES string of the molecule is C/C=C\c1c(C)ccc2occ(C3C=CC=CC=C3OC(C)=O)c(=O)c12. The van der Waals surface area contributed by atoms with Crippen molar-refractivity contribution in [2.24, 2.45) is 0 Å². The van der Waals surface area contributed by atoms with Gasteiger partial charge in [0.15, 0.2) is 5.43 Å². The Morgan fingerprint density at radius 2 is 2.04 bits per heavy atom. The van der Waals surface area contributed by atoms with Crippen LogP contribution in [-0.4, -0.2) is 5.97 Å². The Kier molecular flexibility index (Phi) is 5.03. The first-order chi connectivity index (χ1) is 12.5. The molecular weight excluding hydrogens is 328 g/mol. The van der Waals surface area contributed by atoms with Crippen LogP contribution < -0.4 is 5.43 Å². The van der Waals surface area contributed by atoms with E-state index in [0.717, 1.165) is 11.1 Å². The summed E-state index contributed by atoms with van der Waals surface area (Å²) in [5, 5.41) is 0.536. The van der Waals surface area contributed by atoms with Crippen LogP contribution in [0.1, 0.15) is 36.5 Å². The fourth-order valence-corrected chi connectivity index (χ4v) is 3.07. The van der Waals surface area contributed by atoms with Gasteiger partial charge >= 0.3 is 5.97 Å². The lowest BCUT2D eigenvalue weighted by atomic mass is 9.94. The summed E-state index contributed by atoms with van der Waals surface area (Å²) in [5.41, 5.74) is 2.67. The molecule has 0 fully saturated rings. The van der Waals surface area contributed by atoms with E-state index >= 15 is 0 Å². The molecule has 1 unspecified atom stereocenters. The van der Waals surface area contributed by atoms with Gasteiger partial charge < -0.3 is 9.15 Å². The lowest BCUT2D eigenvalue weighted by Gasteiger charge is -2.16. The van der Waals surface area contributed by atoms with Crippen LogP contribution in [0.4, 0.5) is 0 Å². The fourth-order valence-electron chi connectivity index (χ4n) is 3.07. The second-order valence-electron chi connectivity index (χ2n) is 6.10. The minimum Gasteiger partial charge on any atom is -0.464 e. The predicted molar refractivity (Wildman–Crippen MR) is 103 cm³/mol. The summed E-state index contributed by atoms with van der Waals surface area (Å²) in [6.45, 7) is 5.21. The van der Waals surface area contributed by atoms with Gasteiger partial charge in [0.25, 0.3) is 0 Å². The normalized spacial score (nSPS) is 16.7. The largest absolute Gasteiger partial charge is 0.464 e. The lowest BCUT2D eigenvalue weighted by Crippen LogP contribution is -2.17. The first kappa shape index (κ1) is 17.7. The molecule has 1 aliphatic rings. The summed E-state index contributed by atoms with van der Waals surface area (Å²) in [6, 6.07) is 3.73. The quantitative estimate of drug-likeness (QED) is 0.748. The number of carbonyl (C=O) groups excluding carboxylic acids is 1. The molecule has 1 atom stereocenters. The van der Waals surface area contributed by atoms with E-state index in [4.69, 9.17) is 9.15 Å². The minimum atomic E-state index is -0.492. The van der Waals surface area contributed by atoms with Crippen molar-refractivity contribution in [3.05, 3.63) is 87.5 Å². The van der Waals surface area contributed by atoms with Crippen LogP contribution >= 0.6 is 0 Å². The standard InChI is InChI=1S/C22H20O4/c1-4-8-16-14(2)11-12-20-21(16)22(24)18(13-25-20)17-9-6-5-7-10-19(17)26-15(3)23/h4-13,17H,1-3H3/b8-4-. The monoisotopic (exact) mass is 348 g/mol. The second-order valence-corrected chi connectivity index (χ2v) is 6.10. The molecule has 0 saturated carbocycles. The molecule has 0 N–H and O–H groups in total. The molecule has 0 amide bonds. The number of fused-ring (bicyclic) bond motifs is 1. The third kappa shape index (κ3) is 3.31. The smallest absolute Gasteiger partial charge is 0.307 e. The summed E-state index contributed by atoms with van der Waals surface area (Å²) >= 11 is 0. The molecule has 1 heterocycles. The van der Waals surface area contributed by atoms with Gasteiger partial charge in [-0.2, -0.15) is 0 Å². The first-order valence-electron chi connectivity index (χ1n) is 8.44. The van der Waals surface area contributed by atoms with E-state index in [1.54, 1.807) is 18.2 Å². The molecular formula is C22H20O4. The molecule has 0 radical (unpaired) electrons. The highest BCUT2D eigenvalue weighted by Crippen LogP contribution is 2.29. The van der Waals surface area contributed by atoms with Crippen LogP contribution in [0.15, 0.2) is 69.8 Å². The molecule has 1 aromatic heterocycles. The number of aryl methyl sites for hydroxylation is 1. The van der Waals surface area contributed by atoms with Crippen molar-refractivity contribution in [1.29, 1.82) is 0 Å². The number of ether oxygens (including phenoxy) is 1. The van der Waals surface area contributed by atoms with Crippen LogP contribution in [-0.2, 0) is 9.53 Å². The Hall–Kier alpha value is -3.14. The highest BCUT2D eigenvalue weighted by Gasteiger charge is 2.23. The Bertz CT molecular complexity index is 1030. The topological polar surface area (TPSA) is 56.5 Å². The Labute approximate surface area is 151 Å². The summed E-state index contributed by atoms with van der Waals surface area (Å²) in [7, 11) is 0. The van der Waals surface area contributed by atoms with Crippen molar-refractivity contribution in [2.75, 3.05) is 0 Å². The van der Waals surface area contributed by atoms with Crippen LogP contribution in [0.3, 0.4) is 0 Å². The van der Waals surface area contributed by atoms with Crippen LogP contribution in [0.2, 0.25) is 0 Å². The molecule has 1 aromatic carbocycles. The number of hydrogen-bond acceptors (Lipinski definition) is 4. The molecule has 1 aliphatic carbocycles. The van der Waals surface area contributed by atoms with Gasteiger partial charge in [-0.1, -0.05) is 42.5 Å². The average Bonchev–Trinajstić information content (AvgIpc) is 2.83. The summed E-state index contributed by atoms with van der Waals surface area (Å²) < 4.78 is 11.1. The Morgan fingerprint density at radius 3 is 2.77 bits per heavy atom. The number of rotatable bonds is 3. The third-order valence-electron chi connectivity index (χ3n) is 4.25. The minimum absolute atomic E-state index is 0.127. The Balaban J connectivity index is 2.25. The van der Waals surface area contributed by atoms with E-state index in [1.165, 1.54) is 13.2 Å². The maximum Gasteiger partial charge on any atom is 0.307 e. The van der Waals surface area contributed by atoms with E-state index in [-0.39, 0.29) is 5.43 Å². The number of allylic oxidation sites excluding steroid dienone is 6. The molecule has 4 heteroatoms. The number of carbonyl (C=O) groups is 1. The third-order valence-corrected chi connectivity index (χ3v) is 4.25. The molecule has 0 bridgehead atoms. The van der Waals surface area contributed by atoms with Crippen LogP contribution in [0, 0.1) is 6.92 Å².